The lowest BCUT2D eigenvalue weighted by Crippen LogP contribution is -2.24. The second kappa shape index (κ2) is 7.06. The summed E-state index contributed by atoms with van der Waals surface area (Å²) in [7, 11) is 2.04. The molecule has 3 aromatic rings. The number of nitrogens with one attached hydrogen (secondary N) is 1. The zero-order chi connectivity index (χ0) is 15.2. The molecule has 0 aromatic heterocycles. The number of hydrogen-bond acceptors (Lipinski definition) is 1. The lowest BCUT2D eigenvalue weighted by Gasteiger charge is -2.28. The molecule has 0 fully saturated rings. The average Bonchev–Trinajstić information content (AvgIpc) is 2.62. The second-order valence-corrected chi connectivity index (χ2v) is 5.48. The Morgan fingerprint density at radius 1 is 0.545 bits per heavy atom. The molecule has 0 aliphatic heterocycles. The third-order valence-electron chi connectivity index (χ3n) is 4.12. The van der Waals surface area contributed by atoms with Crippen LogP contribution >= 0.6 is 0 Å². The molecule has 0 aliphatic carbocycles. The molecular weight excluding hydrogens is 266 g/mol. The van der Waals surface area contributed by atoms with Gasteiger partial charge in [-0.05, 0) is 23.7 Å². The van der Waals surface area contributed by atoms with Crippen LogP contribution in [0.1, 0.15) is 28.7 Å². The molecule has 22 heavy (non-hydrogen) atoms. The van der Waals surface area contributed by atoms with Crippen molar-refractivity contribution in [2.45, 2.75) is 12.0 Å². The highest BCUT2D eigenvalue weighted by Gasteiger charge is 2.24. The van der Waals surface area contributed by atoms with Gasteiger partial charge in [-0.2, -0.15) is 0 Å². The van der Waals surface area contributed by atoms with Gasteiger partial charge >= 0.3 is 0 Å². The Hall–Kier alpha value is -2.38. The second-order valence-electron chi connectivity index (χ2n) is 5.48. The fourth-order valence-corrected chi connectivity index (χ4v) is 3.08. The number of hydrogen-bond donors (Lipinski definition) is 1. The Morgan fingerprint density at radius 3 is 1.27 bits per heavy atom. The van der Waals surface area contributed by atoms with Gasteiger partial charge in [0.05, 0.1) is 0 Å². The largest absolute Gasteiger partial charge is 0.312 e. The Bertz CT molecular complexity index is 637. The molecular formula is C21H21N. The van der Waals surface area contributed by atoms with Crippen molar-refractivity contribution >= 4 is 0 Å². The SMILES string of the molecule is CNC(c1ccccc1)C(c1ccccc1)c1ccccc1. The van der Waals surface area contributed by atoms with E-state index in [1.54, 1.807) is 0 Å². The minimum absolute atomic E-state index is 0.242. The van der Waals surface area contributed by atoms with E-state index in [4.69, 9.17) is 0 Å². The van der Waals surface area contributed by atoms with Crippen LogP contribution in [0.25, 0.3) is 0 Å². The summed E-state index contributed by atoms with van der Waals surface area (Å²) >= 11 is 0. The molecule has 110 valence electrons. The molecule has 0 heterocycles. The van der Waals surface area contributed by atoms with Gasteiger partial charge in [0.2, 0.25) is 0 Å². The molecule has 0 saturated heterocycles. The lowest BCUT2D eigenvalue weighted by atomic mass is 9.82. The van der Waals surface area contributed by atoms with E-state index < -0.39 is 0 Å². The third-order valence-corrected chi connectivity index (χ3v) is 4.12. The van der Waals surface area contributed by atoms with Gasteiger partial charge in [-0.25, -0.2) is 0 Å². The van der Waals surface area contributed by atoms with Crippen LogP contribution in [-0.2, 0) is 0 Å². The van der Waals surface area contributed by atoms with Crippen molar-refractivity contribution in [1.82, 2.24) is 5.32 Å². The van der Waals surface area contributed by atoms with Gasteiger partial charge in [-0.3, -0.25) is 0 Å². The van der Waals surface area contributed by atoms with Gasteiger partial charge in [0.25, 0.3) is 0 Å². The molecule has 0 saturated carbocycles. The molecule has 3 rings (SSSR count). The first kappa shape index (κ1) is 14.6. The molecule has 1 heteroatoms. The summed E-state index contributed by atoms with van der Waals surface area (Å²) in [6.45, 7) is 0. The van der Waals surface area contributed by atoms with E-state index in [0.717, 1.165) is 0 Å². The van der Waals surface area contributed by atoms with Crippen molar-refractivity contribution in [2.75, 3.05) is 7.05 Å². The van der Waals surface area contributed by atoms with Gasteiger partial charge in [0.1, 0.15) is 0 Å². The van der Waals surface area contributed by atoms with E-state index in [1.807, 2.05) is 7.05 Å². The maximum absolute atomic E-state index is 3.52. The number of likely N-dealkylation sites (N-methyl/N-ethyl adjacent to an activating group) is 1. The normalized spacial score (nSPS) is 12.3. The van der Waals surface area contributed by atoms with Crippen LogP contribution in [-0.4, -0.2) is 7.05 Å². The van der Waals surface area contributed by atoms with E-state index in [0.29, 0.717) is 0 Å². The fourth-order valence-electron chi connectivity index (χ4n) is 3.08. The van der Waals surface area contributed by atoms with Crippen LogP contribution in [0, 0.1) is 0 Å². The van der Waals surface area contributed by atoms with Crippen LogP contribution < -0.4 is 5.32 Å². The van der Waals surface area contributed by atoms with E-state index in [1.165, 1.54) is 16.7 Å². The Labute approximate surface area is 132 Å². The molecule has 0 bridgehead atoms. The van der Waals surface area contributed by atoms with Gasteiger partial charge < -0.3 is 5.32 Å². The minimum Gasteiger partial charge on any atom is -0.312 e. The van der Waals surface area contributed by atoms with Crippen LogP contribution in [0.2, 0.25) is 0 Å². The molecule has 3 aromatic carbocycles. The number of rotatable bonds is 5. The van der Waals surface area contributed by atoms with Gasteiger partial charge in [0, 0.05) is 12.0 Å². The van der Waals surface area contributed by atoms with E-state index in [-0.39, 0.29) is 12.0 Å². The summed E-state index contributed by atoms with van der Waals surface area (Å²) in [6, 6.07) is 32.4. The van der Waals surface area contributed by atoms with Gasteiger partial charge in [-0.1, -0.05) is 91.0 Å². The van der Waals surface area contributed by atoms with Crippen LogP contribution in [0.15, 0.2) is 91.0 Å². The van der Waals surface area contributed by atoms with Crippen molar-refractivity contribution in [2.24, 2.45) is 0 Å². The first-order valence-electron chi connectivity index (χ1n) is 7.72. The van der Waals surface area contributed by atoms with Gasteiger partial charge in [-0.15, -0.1) is 0 Å². The summed E-state index contributed by atoms with van der Waals surface area (Å²) in [6.07, 6.45) is 0. The summed E-state index contributed by atoms with van der Waals surface area (Å²) in [5.41, 5.74) is 3.97. The summed E-state index contributed by atoms with van der Waals surface area (Å²) in [5.74, 6) is 0.287. The lowest BCUT2D eigenvalue weighted by molar-refractivity contribution is 0.530. The molecule has 0 aliphatic rings. The van der Waals surface area contributed by atoms with Crippen molar-refractivity contribution in [3.8, 4) is 0 Å². The first-order valence-corrected chi connectivity index (χ1v) is 7.72. The van der Waals surface area contributed by atoms with Crippen LogP contribution in [0.3, 0.4) is 0 Å². The molecule has 1 atom stereocenters. The maximum atomic E-state index is 3.52. The number of benzene rings is 3. The fraction of sp³-hybridized carbons (Fsp3) is 0.143. The third kappa shape index (κ3) is 3.10. The van der Waals surface area contributed by atoms with Crippen molar-refractivity contribution in [1.29, 1.82) is 0 Å². The monoisotopic (exact) mass is 287 g/mol. The smallest absolute Gasteiger partial charge is 0.0428 e. The summed E-state index contributed by atoms with van der Waals surface area (Å²) < 4.78 is 0. The minimum atomic E-state index is 0.242. The average molecular weight is 287 g/mol. The molecule has 0 spiro atoms. The molecule has 0 radical (unpaired) electrons. The van der Waals surface area contributed by atoms with Gasteiger partial charge in [0.15, 0.2) is 0 Å². The van der Waals surface area contributed by atoms with Crippen LogP contribution in [0.5, 0.6) is 0 Å². The standard InChI is InChI=1S/C21H21N/c1-22-21(19-15-9-4-10-16-19)20(17-11-5-2-6-12-17)18-13-7-3-8-14-18/h2-16,20-22H,1H3. The maximum Gasteiger partial charge on any atom is 0.0428 e. The first-order chi connectivity index (χ1) is 10.9. The molecule has 1 N–H and O–H groups in total. The van der Waals surface area contributed by atoms with Crippen LogP contribution in [0.4, 0.5) is 0 Å². The van der Waals surface area contributed by atoms with E-state index >= 15 is 0 Å². The molecule has 1 nitrogen and oxygen atoms in total. The highest BCUT2D eigenvalue weighted by Crippen LogP contribution is 2.36. The summed E-state index contributed by atoms with van der Waals surface area (Å²) in [4.78, 5) is 0. The van der Waals surface area contributed by atoms with Crippen molar-refractivity contribution < 1.29 is 0 Å². The Kier molecular flexibility index (Phi) is 4.67. The quantitative estimate of drug-likeness (QED) is 0.712. The predicted octanol–water partition coefficient (Wildman–Crippen LogP) is 4.78. The molecule has 1 unspecified atom stereocenters. The van der Waals surface area contributed by atoms with Crippen molar-refractivity contribution in [3.05, 3.63) is 108 Å². The van der Waals surface area contributed by atoms with E-state index in [2.05, 4.69) is 96.3 Å². The highest BCUT2D eigenvalue weighted by atomic mass is 14.9. The highest BCUT2D eigenvalue weighted by molar-refractivity contribution is 5.37. The zero-order valence-electron chi connectivity index (χ0n) is 12.8. The van der Waals surface area contributed by atoms with Crippen molar-refractivity contribution in [3.63, 3.8) is 0 Å². The topological polar surface area (TPSA) is 12.0 Å². The molecule has 0 amide bonds. The predicted molar refractivity (Wildman–Crippen MR) is 93.0 cm³/mol. The summed E-state index contributed by atoms with van der Waals surface area (Å²) in [5, 5.41) is 3.52. The van der Waals surface area contributed by atoms with E-state index in [9.17, 15) is 0 Å². The Morgan fingerprint density at radius 2 is 0.909 bits per heavy atom. The zero-order valence-corrected chi connectivity index (χ0v) is 12.8. The Balaban J connectivity index is 2.09.